The Kier molecular flexibility index (Phi) is 6.48. The molecular formula is C14H20ClN3O2. The van der Waals surface area contributed by atoms with Crippen molar-refractivity contribution < 1.29 is 9.59 Å². The van der Waals surface area contributed by atoms with Gasteiger partial charge < -0.3 is 16.0 Å². The molecule has 1 heterocycles. The van der Waals surface area contributed by atoms with E-state index in [-0.39, 0.29) is 30.3 Å². The molecule has 1 aliphatic rings. The van der Waals surface area contributed by atoms with Crippen molar-refractivity contribution in [2.75, 3.05) is 18.4 Å². The van der Waals surface area contributed by atoms with Crippen LogP contribution in [-0.2, 0) is 4.79 Å². The van der Waals surface area contributed by atoms with Crippen LogP contribution in [-0.4, -0.2) is 30.9 Å². The summed E-state index contributed by atoms with van der Waals surface area (Å²) in [6.45, 7) is 3.28. The summed E-state index contributed by atoms with van der Waals surface area (Å²) < 4.78 is 0. The van der Waals surface area contributed by atoms with Gasteiger partial charge in [0.1, 0.15) is 0 Å². The maximum atomic E-state index is 12.1. The lowest BCUT2D eigenvalue weighted by atomic mass is 10.1. The minimum absolute atomic E-state index is 0. The number of piperidine rings is 1. The van der Waals surface area contributed by atoms with Crippen LogP contribution in [0.2, 0.25) is 0 Å². The van der Waals surface area contributed by atoms with Gasteiger partial charge in [0.05, 0.1) is 0 Å². The van der Waals surface area contributed by atoms with Crippen LogP contribution in [0.5, 0.6) is 0 Å². The molecule has 1 atom stereocenters. The third kappa shape index (κ3) is 4.83. The Bertz CT molecular complexity index is 473. The minimum Gasteiger partial charge on any atom is -0.348 e. The summed E-state index contributed by atoms with van der Waals surface area (Å²) in [5.41, 5.74) is 1.21. The smallest absolute Gasteiger partial charge is 0.251 e. The number of carbonyl (C=O) groups excluding carboxylic acids is 2. The van der Waals surface area contributed by atoms with E-state index in [4.69, 9.17) is 0 Å². The molecule has 1 saturated heterocycles. The predicted molar refractivity (Wildman–Crippen MR) is 81.4 cm³/mol. The van der Waals surface area contributed by atoms with E-state index in [1.54, 1.807) is 24.3 Å². The van der Waals surface area contributed by atoms with Gasteiger partial charge in [0.15, 0.2) is 0 Å². The van der Waals surface area contributed by atoms with E-state index in [9.17, 15) is 9.59 Å². The summed E-state index contributed by atoms with van der Waals surface area (Å²) in [5.74, 6) is -0.241. The van der Waals surface area contributed by atoms with Crippen molar-refractivity contribution in [2.24, 2.45) is 0 Å². The lowest BCUT2D eigenvalue weighted by Gasteiger charge is -2.23. The Morgan fingerprint density at radius 1 is 1.35 bits per heavy atom. The van der Waals surface area contributed by atoms with Crippen LogP contribution >= 0.6 is 12.4 Å². The fourth-order valence-electron chi connectivity index (χ4n) is 2.19. The Hall–Kier alpha value is -1.59. The van der Waals surface area contributed by atoms with Crippen molar-refractivity contribution in [2.45, 2.75) is 25.8 Å². The standard InChI is InChI=1S/C14H19N3O2.ClH/c1-10(18)16-12-5-2-4-11(8-12)14(19)17-13-6-3-7-15-9-13;/h2,4-5,8,13,15H,3,6-7,9H2,1H3,(H,16,18)(H,17,19);1H/t13-;/m0./s1. The van der Waals surface area contributed by atoms with E-state index in [2.05, 4.69) is 16.0 Å². The first-order valence-electron chi connectivity index (χ1n) is 6.54. The molecule has 0 bridgehead atoms. The normalized spacial score (nSPS) is 17.8. The van der Waals surface area contributed by atoms with Gasteiger partial charge in [-0.05, 0) is 37.6 Å². The Balaban J connectivity index is 0.00000200. The number of hydrogen-bond donors (Lipinski definition) is 3. The van der Waals surface area contributed by atoms with E-state index in [0.29, 0.717) is 11.3 Å². The molecule has 2 amide bonds. The molecule has 1 fully saturated rings. The zero-order valence-electron chi connectivity index (χ0n) is 11.4. The van der Waals surface area contributed by atoms with Crippen LogP contribution in [0.3, 0.4) is 0 Å². The quantitative estimate of drug-likeness (QED) is 0.793. The molecule has 0 aromatic heterocycles. The molecule has 0 saturated carbocycles. The number of carbonyl (C=O) groups is 2. The van der Waals surface area contributed by atoms with Crippen molar-refractivity contribution in [1.82, 2.24) is 10.6 Å². The average Bonchev–Trinajstić information content (AvgIpc) is 2.39. The summed E-state index contributed by atoms with van der Waals surface area (Å²) in [6, 6.07) is 7.15. The highest BCUT2D eigenvalue weighted by atomic mass is 35.5. The molecule has 6 heteroatoms. The summed E-state index contributed by atoms with van der Waals surface area (Å²) in [6.07, 6.45) is 2.08. The van der Waals surface area contributed by atoms with Gasteiger partial charge in [-0.3, -0.25) is 9.59 Å². The van der Waals surface area contributed by atoms with Gasteiger partial charge in [-0.1, -0.05) is 6.07 Å². The first-order chi connectivity index (χ1) is 9.15. The van der Waals surface area contributed by atoms with E-state index < -0.39 is 0 Å². The Morgan fingerprint density at radius 3 is 2.80 bits per heavy atom. The highest BCUT2D eigenvalue weighted by molar-refractivity contribution is 5.96. The van der Waals surface area contributed by atoms with Crippen molar-refractivity contribution in [3.05, 3.63) is 29.8 Å². The van der Waals surface area contributed by atoms with Gasteiger partial charge in [-0.15, -0.1) is 12.4 Å². The van der Waals surface area contributed by atoms with Gasteiger partial charge in [0, 0.05) is 30.8 Å². The molecule has 1 aromatic carbocycles. The topological polar surface area (TPSA) is 70.2 Å². The van der Waals surface area contributed by atoms with Crippen molar-refractivity contribution in [1.29, 1.82) is 0 Å². The summed E-state index contributed by atoms with van der Waals surface area (Å²) >= 11 is 0. The molecule has 3 N–H and O–H groups in total. The van der Waals surface area contributed by atoms with E-state index in [1.807, 2.05) is 0 Å². The molecule has 2 rings (SSSR count). The monoisotopic (exact) mass is 297 g/mol. The summed E-state index contributed by atoms with van der Waals surface area (Å²) in [4.78, 5) is 23.1. The van der Waals surface area contributed by atoms with Crippen molar-refractivity contribution >= 4 is 29.9 Å². The van der Waals surface area contributed by atoms with Crippen LogP contribution in [0.25, 0.3) is 0 Å². The first kappa shape index (κ1) is 16.5. The van der Waals surface area contributed by atoms with E-state index >= 15 is 0 Å². The lowest BCUT2D eigenvalue weighted by Crippen LogP contribution is -2.45. The largest absolute Gasteiger partial charge is 0.348 e. The fraction of sp³-hybridized carbons (Fsp3) is 0.429. The van der Waals surface area contributed by atoms with Crippen molar-refractivity contribution in [3.63, 3.8) is 0 Å². The number of rotatable bonds is 3. The molecule has 1 aliphatic heterocycles. The molecule has 1 aromatic rings. The molecule has 0 unspecified atom stereocenters. The summed E-state index contributed by atoms with van der Waals surface area (Å²) in [7, 11) is 0. The van der Waals surface area contributed by atoms with Gasteiger partial charge in [0.25, 0.3) is 5.91 Å². The van der Waals surface area contributed by atoms with Crippen LogP contribution in [0, 0.1) is 0 Å². The van der Waals surface area contributed by atoms with Crippen LogP contribution in [0.1, 0.15) is 30.1 Å². The average molecular weight is 298 g/mol. The maximum Gasteiger partial charge on any atom is 0.251 e. The zero-order valence-corrected chi connectivity index (χ0v) is 12.3. The highest BCUT2D eigenvalue weighted by Gasteiger charge is 2.16. The van der Waals surface area contributed by atoms with Crippen molar-refractivity contribution in [3.8, 4) is 0 Å². The second-order valence-electron chi connectivity index (χ2n) is 4.78. The molecule has 20 heavy (non-hydrogen) atoms. The van der Waals surface area contributed by atoms with Gasteiger partial charge in [0.2, 0.25) is 5.91 Å². The number of halogens is 1. The fourth-order valence-corrected chi connectivity index (χ4v) is 2.19. The molecule has 0 spiro atoms. The maximum absolute atomic E-state index is 12.1. The van der Waals surface area contributed by atoms with Crippen LogP contribution in [0.15, 0.2) is 24.3 Å². The van der Waals surface area contributed by atoms with E-state index in [0.717, 1.165) is 25.9 Å². The van der Waals surface area contributed by atoms with Gasteiger partial charge in [-0.25, -0.2) is 0 Å². The first-order valence-corrected chi connectivity index (χ1v) is 6.54. The number of nitrogens with one attached hydrogen (secondary N) is 3. The Morgan fingerprint density at radius 2 is 2.15 bits per heavy atom. The second-order valence-corrected chi connectivity index (χ2v) is 4.78. The van der Waals surface area contributed by atoms with E-state index in [1.165, 1.54) is 6.92 Å². The van der Waals surface area contributed by atoms with Crippen LogP contribution < -0.4 is 16.0 Å². The molecule has 0 aliphatic carbocycles. The third-order valence-corrected chi connectivity index (χ3v) is 3.08. The summed E-state index contributed by atoms with van der Waals surface area (Å²) in [5, 5.41) is 8.93. The minimum atomic E-state index is -0.144. The number of anilines is 1. The third-order valence-electron chi connectivity index (χ3n) is 3.08. The van der Waals surface area contributed by atoms with Gasteiger partial charge in [-0.2, -0.15) is 0 Å². The number of benzene rings is 1. The van der Waals surface area contributed by atoms with Gasteiger partial charge >= 0.3 is 0 Å². The van der Waals surface area contributed by atoms with Crippen LogP contribution in [0.4, 0.5) is 5.69 Å². The number of amides is 2. The zero-order chi connectivity index (χ0) is 13.7. The SMILES string of the molecule is CC(=O)Nc1cccc(C(=O)N[C@H]2CCCNC2)c1.Cl. The molecule has 5 nitrogen and oxygen atoms in total. The molecular weight excluding hydrogens is 278 g/mol. The molecule has 0 radical (unpaired) electrons. The second kappa shape index (κ2) is 7.87. The molecule has 110 valence electrons. The highest BCUT2D eigenvalue weighted by Crippen LogP contribution is 2.11. The lowest BCUT2D eigenvalue weighted by molar-refractivity contribution is -0.114. The number of hydrogen-bond acceptors (Lipinski definition) is 3. The predicted octanol–water partition coefficient (Wildman–Crippen LogP) is 1.55. The Labute approximate surface area is 124 Å².